The first-order valence-electron chi connectivity index (χ1n) is 8.01. The number of nitrogens with zero attached hydrogens (tertiary/aromatic N) is 2. The van der Waals surface area contributed by atoms with Crippen LogP contribution in [0.1, 0.15) is 23.7 Å². The van der Waals surface area contributed by atoms with Crippen LogP contribution in [0.2, 0.25) is 0 Å². The summed E-state index contributed by atoms with van der Waals surface area (Å²) in [5.74, 6) is 0.741. The molecular formula is C19H15BrN2O3. The van der Waals surface area contributed by atoms with Gasteiger partial charge in [-0.3, -0.25) is 4.79 Å². The van der Waals surface area contributed by atoms with E-state index in [1.165, 1.54) is 0 Å². The summed E-state index contributed by atoms with van der Waals surface area (Å²) < 4.78 is 11.6. The van der Waals surface area contributed by atoms with Crippen LogP contribution in [0.4, 0.5) is 0 Å². The van der Waals surface area contributed by atoms with Gasteiger partial charge in [0.15, 0.2) is 6.61 Å². The van der Waals surface area contributed by atoms with E-state index in [0.717, 1.165) is 22.0 Å². The number of hydrogen-bond donors (Lipinski definition) is 0. The van der Waals surface area contributed by atoms with Crippen molar-refractivity contribution in [1.29, 1.82) is 0 Å². The summed E-state index contributed by atoms with van der Waals surface area (Å²) >= 11 is 3.41. The van der Waals surface area contributed by atoms with Crippen LogP contribution in [0.3, 0.4) is 0 Å². The maximum absolute atomic E-state index is 12.2. The Morgan fingerprint density at radius 3 is 2.68 bits per heavy atom. The molecule has 1 aliphatic carbocycles. The van der Waals surface area contributed by atoms with Crippen molar-refractivity contribution in [3.63, 3.8) is 0 Å². The van der Waals surface area contributed by atoms with Crippen molar-refractivity contribution in [2.24, 2.45) is 5.92 Å². The third-order valence-electron chi connectivity index (χ3n) is 4.22. The maximum Gasteiger partial charge on any atom is 0.310 e. The molecule has 4 rings (SSSR count). The van der Waals surface area contributed by atoms with Gasteiger partial charge < -0.3 is 9.26 Å². The highest BCUT2D eigenvalue weighted by atomic mass is 79.9. The number of benzene rings is 2. The number of esters is 1. The minimum atomic E-state index is -0.209. The Hall–Kier alpha value is -2.47. The smallest absolute Gasteiger partial charge is 0.310 e. The zero-order valence-corrected chi connectivity index (χ0v) is 14.8. The molecule has 5 nitrogen and oxygen atoms in total. The van der Waals surface area contributed by atoms with Gasteiger partial charge in [-0.05, 0) is 42.2 Å². The first kappa shape index (κ1) is 16.0. The molecule has 0 radical (unpaired) electrons. The fourth-order valence-corrected chi connectivity index (χ4v) is 3.05. The number of ether oxygens (including phenoxy) is 1. The predicted octanol–water partition coefficient (Wildman–Crippen LogP) is 4.35. The molecule has 1 fully saturated rings. The lowest BCUT2D eigenvalue weighted by Crippen LogP contribution is -2.08. The topological polar surface area (TPSA) is 65.2 Å². The van der Waals surface area contributed by atoms with Crippen LogP contribution in [0.25, 0.3) is 11.5 Å². The van der Waals surface area contributed by atoms with E-state index in [4.69, 9.17) is 9.26 Å². The van der Waals surface area contributed by atoms with Crippen LogP contribution in [0.5, 0.6) is 0 Å². The third kappa shape index (κ3) is 3.64. The molecule has 0 N–H and O–H groups in total. The molecule has 6 heteroatoms. The van der Waals surface area contributed by atoms with Crippen molar-refractivity contribution in [2.45, 2.75) is 18.9 Å². The minimum absolute atomic E-state index is 0.0265. The Bertz CT molecular complexity index is 877. The molecule has 3 aromatic rings. The summed E-state index contributed by atoms with van der Waals surface area (Å²) in [7, 11) is 0. The van der Waals surface area contributed by atoms with Crippen molar-refractivity contribution < 1.29 is 14.1 Å². The molecule has 1 aliphatic rings. The van der Waals surface area contributed by atoms with Gasteiger partial charge in [0.05, 0.1) is 5.92 Å². The van der Waals surface area contributed by atoms with Crippen molar-refractivity contribution in [2.75, 3.05) is 0 Å². The van der Waals surface area contributed by atoms with Crippen molar-refractivity contribution in [1.82, 2.24) is 10.1 Å². The lowest BCUT2D eigenvalue weighted by Gasteiger charge is -2.02. The van der Waals surface area contributed by atoms with E-state index in [1.807, 2.05) is 54.6 Å². The second-order valence-corrected chi connectivity index (χ2v) is 6.91. The Morgan fingerprint density at radius 1 is 1.16 bits per heavy atom. The van der Waals surface area contributed by atoms with Gasteiger partial charge in [-0.15, -0.1) is 0 Å². The minimum Gasteiger partial charge on any atom is -0.457 e. The molecular weight excluding hydrogens is 384 g/mol. The van der Waals surface area contributed by atoms with Gasteiger partial charge in [0.1, 0.15) is 0 Å². The summed E-state index contributed by atoms with van der Waals surface area (Å²) in [5.41, 5.74) is 2.00. The number of aromatic nitrogens is 2. The lowest BCUT2D eigenvalue weighted by atomic mass is 10.1. The lowest BCUT2D eigenvalue weighted by molar-refractivity contribution is -0.146. The van der Waals surface area contributed by atoms with Crippen molar-refractivity contribution in [3.05, 3.63) is 70.5 Å². The Kier molecular flexibility index (Phi) is 4.36. The van der Waals surface area contributed by atoms with Crippen molar-refractivity contribution in [3.8, 4) is 11.5 Å². The third-order valence-corrected chi connectivity index (χ3v) is 4.75. The summed E-state index contributed by atoms with van der Waals surface area (Å²) in [4.78, 5) is 16.4. The highest BCUT2D eigenvalue weighted by molar-refractivity contribution is 9.10. The molecule has 1 aromatic heterocycles. The molecule has 2 aromatic carbocycles. The summed E-state index contributed by atoms with van der Waals surface area (Å²) in [6.07, 6.45) is 0.821. The summed E-state index contributed by atoms with van der Waals surface area (Å²) in [6.45, 7) is 0.0265. The van der Waals surface area contributed by atoms with E-state index in [2.05, 4.69) is 26.1 Å². The fourth-order valence-electron chi connectivity index (χ4n) is 2.79. The highest BCUT2D eigenvalue weighted by Crippen LogP contribution is 2.48. The standard InChI is InChI=1S/C19H15BrN2O3/c20-14-8-6-12(7-9-14)15-10-16(15)19(23)24-11-17-21-18(25-22-17)13-4-2-1-3-5-13/h1-9,15-16H,10-11H2/t15-,16+/m0/s1. The Balaban J connectivity index is 1.33. The quantitative estimate of drug-likeness (QED) is 0.597. The number of halogens is 1. The second-order valence-electron chi connectivity index (χ2n) is 5.99. The molecule has 0 saturated heterocycles. The van der Waals surface area contributed by atoms with E-state index in [9.17, 15) is 4.79 Å². The first-order valence-corrected chi connectivity index (χ1v) is 8.80. The Labute approximate surface area is 153 Å². The van der Waals surface area contributed by atoms with Gasteiger partial charge in [0.25, 0.3) is 5.89 Å². The number of carbonyl (C=O) groups excluding carboxylic acids is 1. The van der Waals surface area contributed by atoms with Crippen LogP contribution in [-0.2, 0) is 16.1 Å². The maximum atomic E-state index is 12.2. The number of rotatable bonds is 5. The van der Waals surface area contributed by atoms with Gasteiger partial charge in [0.2, 0.25) is 5.82 Å². The average molecular weight is 399 g/mol. The highest BCUT2D eigenvalue weighted by Gasteiger charge is 2.45. The molecule has 126 valence electrons. The molecule has 0 unspecified atom stereocenters. The zero-order valence-electron chi connectivity index (χ0n) is 13.3. The molecule has 0 bridgehead atoms. The number of hydrogen-bond acceptors (Lipinski definition) is 5. The molecule has 25 heavy (non-hydrogen) atoms. The molecule has 0 spiro atoms. The summed E-state index contributed by atoms with van der Waals surface area (Å²) in [5, 5.41) is 3.86. The van der Waals surface area contributed by atoms with Crippen molar-refractivity contribution >= 4 is 21.9 Å². The molecule has 1 saturated carbocycles. The van der Waals surface area contributed by atoms with Crippen LogP contribution in [0, 0.1) is 5.92 Å². The first-order chi connectivity index (χ1) is 12.2. The van der Waals surface area contributed by atoms with E-state index >= 15 is 0 Å². The molecule has 0 aliphatic heterocycles. The van der Waals surface area contributed by atoms with Crippen LogP contribution in [0.15, 0.2) is 63.6 Å². The Morgan fingerprint density at radius 2 is 1.92 bits per heavy atom. The fraction of sp³-hybridized carbons (Fsp3) is 0.211. The SMILES string of the molecule is O=C(OCc1noc(-c2ccccc2)n1)[C@@H]1C[C@H]1c1ccc(Br)cc1. The average Bonchev–Trinajstić information content (AvgIpc) is 3.31. The van der Waals surface area contributed by atoms with Gasteiger partial charge in [-0.1, -0.05) is 51.4 Å². The largest absolute Gasteiger partial charge is 0.457 e. The normalized spacial score (nSPS) is 18.8. The van der Waals surface area contributed by atoms with Gasteiger partial charge in [0, 0.05) is 10.0 Å². The van der Waals surface area contributed by atoms with Crippen LogP contribution < -0.4 is 0 Å². The van der Waals surface area contributed by atoms with Crippen LogP contribution >= 0.6 is 15.9 Å². The van der Waals surface area contributed by atoms with E-state index in [-0.39, 0.29) is 24.4 Å². The summed E-state index contributed by atoms with van der Waals surface area (Å²) in [6, 6.07) is 17.5. The zero-order chi connectivity index (χ0) is 17.2. The molecule has 2 atom stereocenters. The van der Waals surface area contributed by atoms with E-state index in [1.54, 1.807) is 0 Å². The van der Waals surface area contributed by atoms with Gasteiger partial charge in [-0.25, -0.2) is 0 Å². The predicted molar refractivity (Wildman–Crippen MR) is 94.5 cm³/mol. The van der Waals surface area contributed by atoms with Gasteiger partial charge >= 0.3 is 5.97 Å². The van der Waals surface area contributed by atoms with E-state index < -0.39 is 0 Å². The second kappa shape index (κ2) is 6.80. The number of carbonyl (C=O) groups is 1. The monoisotopic (exact) mass is 398 g/mol. The molecule has 0 amide bonds. The van der Waals surface area contributed by atoms with E-state index in [0.29, 0.717) is 11.7 Å². The van der Waals surface area contributed by atoms with Gasteiger partial charge in [-0.2, -0.15) is 4.98 Å². The van der Waals surface area contributed by atoms with Crippen LogP contribution in [-0.4, -0.2) is 16.1 Å². The molecule has 1 heterocycles.